The lowest BCUT2D eigenvalue weighted by molar-refractivity contribution is 0.254. The van der Waals surface area contributed by atoms with Crippen molar-refractivity contribution in [3.63, 3.8) is 0 Å². The molecule has 0 amide bonds. The lowest BCUT2D eigenvalue weighted by Crippen LogP contribution is -2.36. The van der Waals surface area contributed by atoms with Crippen molar-refractivity contribution in [3.05, 3.63) is 23.9 Å². The van der Waals surface area contributed by atoms with Gasteiger partial charge in [-0.2, -0.15) is 0 Å². The number of likely N-dealkylation sites (N-methyl/N-ethyl adjacent to an activating group) is 1. The third-order valence-electron chi connectivity index (χ3n) is 4.77. The standard InChI is InChI=1S/C15H24N4/c1-11(16)12-3-6-15(17-9-12)19-8-7-13-4-5-14(10-19)18(13)2/h3,6,9,11,13-14H,4-5,7-8,10,16H2,1-2H3. The highest BCUT2D eigenvalue weighted by atomic mass is 15.3. The Bertz CT molecular complexity index is 428. The summed E-state index contributed by atoms with van der Waals surface area (Å²) in [5, 5.41) is 0. The minimum Gasteiger partial charge on any atom is -0.355 e. The number of nitrogens with zero attached hydrogens (tertiary/aromatic N) is 3. The minimum atomic E-state index is 0.0628. The normalized spacial score (nSPS) is 29.3. The van der Waals surface area contributed by atoms with Gasteiger partial charge in [0.25, 0.3) is 0 Å². The molecule has 0 radical (unpaired) electrons. The predicted octanol–water partition coefficient (Wildman–Crippen LogP) is 1.77. The van der Waals surface area contributed by atoms with Crippen molar-refractivity contribution in [1.82, 2.24) is 9.88 Å². The second-order valence-corrected chi connectivity index (χ2v) is 6.02. The Balaban J connectivity index is 1.75. The van der Waals surface area contributed by atoms with Gasteiger partial charge in [-0.05, 0) is 44.9 Å². The summed E-state index contributed by atoms with van der Waals surface area (Å²) in [5.74, 6) is 1.10. The van der Waals surface area contributed by atoms with E-state index in [1.54, 1.807) is 0 Å². The van der Waals surface area contributed by atoms with Crippen molar-refractivity contribution in [2.24, 2.45) is 5.73 Å². The van der Waals surface area contributed by atoms with Gasteiger partial charge in [-0.1, -0.05) is 6.07 Å². The van der Waals surface area contributed by atoms with Crippen LogP contribution in [0.25, 0.3) is 0 Å². The van der Waals surface area contributed by atoms with E-state index in [4.69, 9.17) is 5.73 Å². The molecule has 2 bridgehead atoms. The molecule has 2 fully saturated rings. The number of fused-ring (bicyclic) bond motifs is 2. The van der Waals surface area contributed by atoms with Gasteiger partial charge < -0.3 is 10.6 Å². The molecule has 2 N–H and O–H groups in total. The number of pyridine rings is 1. The summed E-state index contributed by atoms with van der Waals surface area (Å²) in [6, 6.07) is 5.77. The smallest absolute Gasteiger partial charge is 0.128 e. The van der Waals surface area contributed by atoms with Crippen LogP contribution in [-0.2, 0) is 0 Å². The highest BCUT2D eigenvalue weighted by molar-refractivity contribution is 5.40. The maximum absolute atomic E-state index is 5.87. The third kappa shape index (κ3) is 2.47. The number of hydrogen-bond acceptors (Lipinski definition) is 4. The Hall–Kier alpha value is -1.13. The van der Waals surface area contributed by atoms with Crippen LogP contribution in [0, 0.1) is 0 Å². The van der Waals surface area contributed by atoms with Crippen molar-refractivity contribution in [2.45, 2.75) is 44.3 Å². The average Bonchev–Trinajstić information content (AvgIpc) is 2.63. The molecule has 3 unspecified atom stereocenters. The summed E-state index contributed by atoms with van der Waals surface area (Å²) in [6.07, 6.45) is 5.87. The lowest BCUT2D eigenvalue weighted by atomic mass is 10.1. The molecule has 3 heterocycles. The third-order valence-corrected chi connectivity index (χ3v) is 4.77. The van der Waals surface area contributed by atoms with Crippen LogP contribution < -0.4 is 10.6 Å². The highest BCUT2D eigenvalue weighted by Crippen LogP contribution is 2.30. The predicted molar refractivity (Wildman–Crippen MR) is 78.2 cm³/mol. The molecule has 0 saturated carbocycles. The van der Waals surface area contributed by atoms with Crippen molar-refractivity contribution in [3.8, 4) is 0 Å². The summed E-state index contributed by atoms with van der Waals surface area (Å²) >= 11 is 0. The quantitative estimate of drug-likeness (QED) is 0.880. The van der Waals surface area contributed by atoms with Gasteiger partial charge in [0.1, 0.15) is 5.82 Å². The molecule has 0 aromatic carbocycles. The van der Waals surface area contributed by atoms with Crippen molar-refractivity contribution in [1.29, 1.82) is 0 Å². The van der Waals surface area contributed by atoms with Crippen LogP contribution in [0.1, 0.15) is 37.8 Å². The molecular formula is C15H24N4. The van der Waals surface area contributed by atoms with Gasteiger partial charge in [0.2, 0.25) is 0 Å². The van der Waals surface area contributed by atoms with Crippen molar-refractivity contribution >= 4 is 5.82 Å². The van der Waals surface area contributed by atoms with Gasteiger partial charge in [0.05, 0.1) is 0 Å². The summed E-state index contributed by atoms with van der Waals surface area (Å²) in [5.41, 5.74) is 6.98. The van der Waals surface area contributed by atoms with Gasteiger partial charge in [0, 0.05) is 37.4 Å². The monoisotopic (exact) mass is 260 g/mol. The van der Waals surface area contributed by atoms with Crippen LogP contribution in [0.2, 0.25) is 0 Å². The fourth-order valence-corrected chi connectivity index (χ4v) is 3.37. The molecule has 3 atom stereocenters. The molecule has 19 heavy (non-hydrogen) atoms. The fraction of sp³-hybridized carbons (Fsp3) is 0.667. The Kier molecular flexibility index (Phi) is 3.46. The molecule has 4 heteroatoms. The van der Waals surface area contributed by atoms with Crippen LogP contribution in [0.3, 0.4) is 0 Å². The molecule has 1 aromatic heterocycles. The second kappa shape index (κ2) is 5.10. The van der Waals surface area contributed by atoms with E-state index >= 15 is 0 Å². The maximum atomic E-state index is 5.87. The fourth-order valence-electron chi connectivity index (χ4n) is 3.37. The first-order chi connectivity index (χ1) is 9.15. The van der Waals surface area contributed by atoms with E-state index in [9.17, 15) is 0 Å². The average molecular weight is 260 g/mol. The lowest BCUT2D eigenvalue weighted by Gasteiger charge is -2.26. The summed E-state index contributed by atoms with van der Waals surface area (Å²) in [4.78, 5) is 9.60. The van der Waals surface area contributed by atoms with Gasteiger partial charge in [-0.15, -0.1) is 0 Å². The summed E-state index contributed by atoms with van der Waals surface area (Å²) < 4.78 is 0. The van der Waals surface area contributed by atoms with E-state index in [2.05, 4.69) is 34.0 Å². The number of rotatable bonds is 2. The van der Waals surface area contributed by atoms with E-state index in [1.165, 1.54) is 19.3 Å². The van der Waals surface area contributed by atoms with E-state index in [1.807, 2.05) is 13.1 Å². The van der Waals surface area contributed by atoms with Crippen LogP contribution in [0.15, 0.2) is 18.3 Å². The van der Waals surface area contributed by atoms with E-state index in [-0.39, 0.29) is 6.04 Å². The zero-order valence-corrected chi connectivity index (χ0v) is 11.9. The maximum Gasteiger partial charge on any atom is 0.128 e. The molecule has 2 saturated heterocycles. The van der Waals surface area contributed by atoms with E-state index < -0.39 is 0 Å². The van der Waals surface area contributed by atoms with Crippen LogP contribution in [0.5, 0.6) is 0 Å². The largest absolute Gasteiger partial charge is 0.355 e. The number of aromatic nitrogens is 1. The molecule has 2 aliphatic rings. The molecular weight excluding hydrogens is 236 g/mol. The van der Waals surface area contributed by atoms with Gasteiger partial charge in [-0.25, -0.2) is 4.98 Å². The Morgan fingerprint density at radius 1 is 1.26 bits per heavy atom. The highest BCUT2D eigenvalue weighted by Gasteiger charge is 2.34. The van der Waals surface area contributed by atoms with E-state index in [0.717, 1.165) is 30.5 Å². The molecule has 3 rings (SSSR count). The first kappa shape index (κ1) is 12.9. The molecule has 4 nitrogen and oxygen atoms in total. The molecule has 0 aliphatic carbocycles. The Labute approximate surface area is 115 Å². The van der Waals surface area contributed by atoms with Crippen molar-refractivity contribution in [2.75, 3.05) is 25.0 Å². The molecule has 2 aliphatic heterocycles. The molecule has 0 spiro atoms. The van der Waals surface area contributed by atoms with Crippen LogP contribution in [-0.4, -0.2) is 42.1 Å². The first-order valence-electron chi connectivity index (χ1n) is 7.33. The Morgan fingerprint density at radius 3 is 2.74 bits per heavy atom. The molecule has 1 aromatic rings. The number of nitrogens with two attached hydrogens (primary N) is 1. The second-order valence-electron chi connectivity index (χ2n) is 6.02. The zero-order valence-electron chi connectivity index (χ0n) is 11.9. The zero-order chi connectivity index (χ0) is 13.4. The summed E-state index contributed by atoms with van der Waals surface area (Å²) in [6.45, 7) is 4.23. The number of hydrogen-bond donors (Lipinski definition) is 1. The van der Waals surface area contributed by atoms with Crippen LogP contribution >= 0.6 is 0 Å². The van der Waals surface area contributed by atoms with Crippen molar-refractivity contribution < 1.29 is 0 Å². The topological polar surface area (TPSA) is 45.4 Å². The number of anilines is 1. The van der Waals surface area contributed by atoms with Gasteiger partial charge in [-0.3, -0.25) is 4.90 Å². The van der Waals surface area contributed by atoms with Gasteiger partial charge in [0.15, 0.2) is 0 Å². The van der Waals surface area contributed by atoms with Crippen LogP contribution in [0.4, 0.5) is 5.82 Å². The molecule has 104 valence electrons. The Morgan fingerprint density at radius 2 is 2.05 bits per heavy atom. The first-order valence-corrected chi connectivity index (χ1v) is 7.33. The van der Waals surface area contributed by atoms with Gasteiger partial charge >= 0.3 is 0 Å². The van der Waals surface area contributed by atoms with E-state index in [0.29, 0.717) is 6.04 Å². The minimum absolute atomic E-state index is 0.0628. The SMILES string of the molecule is CC(N)c1ccc(N2CCC3CCC(C2)N3C)nc1. The summed E-state index contributed by atoms with van der Waals surface area (Å²) in [7, 11) is 2.28.